The zero-order valence-corrected chi connectivity index (χ0v) is 12.7. The van der Waals surface area contributed by atoms with Gasteiger partial charge in [0.2, 0.25) is 0 Å². The van der Waals surface area contributed by atoms with Gasteiger partial charge in [-0.15, -0.1) is 0 Å². The van der Waals surface area contributed by atoms with Crippen LogP contribution in [0.15, 0.2) is 47.8 Å². The van der Waals surface area contributed by atoms with Crippen molar-refractivity contribution in [3.05, 3.63) is 53.9 Å². The molecule has 0 aliphatic carbocycles. The summed E-state index contributed by atoms with van der Waals surface area (Å²) in [4.78, 5) is 16.2. The lowest BCUT2D eigenvalue weighted by Crippen LogP contribution is -2.19. The maximum atomic E-state index is 12.2. The van der Waals surface area contributed by atoms with E-state index in [-0.39, 0.29) is 5.91 Å². The normalized spacial score (nSPS) is 11.0. The Morgan fingerprint density at radius 1 is 1.14 bits per heavy atom. The second kappa shape index (κ2) is 7.21. The maximum Gasteiger partial charge on any atom is 0.271 e. The molecule has 0 fully saturated rings. The molecule has 0 unspecified atom stereocenters. The molecule has 0 bridgehead atoms. The van der Waals surface area contributed by atoms with Crippen LogP contribution in [-0.2, 0) is 0 Å². The number of hydrogen-bond donors (Lipinski definition) is 1. The summed E-state index contributed by atoms with van der Waals surface area (Å²) >= 11 is 0. The second-order valence-corrected chi connectivity index (χ2v) is 4.48. The molecule has 0 saturated carbocycles. The summed E-state index contributed by atoms with van der Waals surface area (Å²) in [6.45, 7) is 1.80. The van der Waals surface area contributed by atoms with Crippen LogP contribution in [0, 0.1) is 0 Å². The molecule has 1 heterocycles. The Morgan fingerprint density at radius 3 is 2.36 bits per heavy atom. The summed E-state index contributed by atoms with van der Waals surface area (Å²) < 4.78 is 10.3. The Morgan fingerprint density at radius 2 is 1.82 bits per heavy atom. The minimum absolute atomic E-state index is 0.347. The van der Waals surface area contributed by atoms with E-state index in [0.717, 1.165) is 5.56 Å². The fourth-order valence-corrected chi connectivity index (χ4v) is 1.78. The third kappa shape index (κ3) is 3.82. The van der Waals surface area contributed by atoms with Gasteiger partial charge in [-0.05, 0) is 25.1 Å². The van der Waals surface area contributed by atoms with E-state index in [4.69, 9.17) is 9.47 Å². The van der Waals surface area contributed by atoms with Gasteiger partial charge in [-0.1, -0.05) is 6.07 Å². The molecule has 0 aliphatic heterocycles. The Hall–Kier alpha value is -2.89. The molecule has 114 valence electrons. The lowest BCUT2D eigenvalue weighted by molar-refractivity contribution is 0.0954. The molecule has 0 saturated heterocycles. The molecule has 22 heavy (non-hydrogen) atoms. The van der Waals surface area contributed by atoms with Crippen LogP contribution in [0.2, 0.25) is 0 Å². The Bertz CT molecular complexity index is 662. The summed E-state index contributed by atoms with van der Waals surface area (Å²) in [5.41, 5.74) is 4.41. The highest BCUT2D eigenvalue weighted by atomic mass is 16.5. The van der Waals surface area contributed by atoms with Crippen molar-refractivity contribution < 1.29 is 14.3 Å². The fourth-order valence-electron chi connectivity index (χ4n) is 1.78. The number of benzene rings is 1. The van der Waals surface area contributed by atoms with Gasteiger partial charge >= 0.3 is 0 Å². The quantitative estimate of drug-likeness (QED) is 0.679. The molecule has 1 aromatic carbocycles. The number of methoxy groups -OCH3 is 2. The zero-order chi connectivity index (χ0) is 15.9. The first-order chi connectivity index (χ1) is 10.6. The van der Waals surface area contributed by atoms with Gasteiger partial charge in [0.25, 0.3) is 5.91 Å². The number of nitrogens with one attached hydrogen (secondary N) is 1. The van der Waals surface area contributed by atoms with Crippen LogP contribution in [0.1, 0.15) is 22.8 Å². The molecule has 0 radical (unpaired) electrons. The summed E-state index contributed by atoms with van der Waals surface area (Å²) in [5.74, 6) is 0.732. The number of amides is 1. The third-order valence-corrected chi connectivity index (χ3v) is 3.02. The van der Waals surface area contributed by atoms with Crippen molar-refractivity contribution in [1.29, 1.82) is 0 Å². The summed E-state index contributed by atoms with van der Waals surface area (Å²) in [5, 5.41) is 4.08. The monoisotopic (exact) mass is 299 g/mol. The average molecular weight is 299 g/mol. The van der Waals surface area contributed by atoms with Crippen molar-refractivity contribution in [2.45, 2.75) is 6.92 Å². The Balaban J connectivity index is 2.15. The molecule has 1 aromatic heterocycles. The average Bonchev–Trinajstić information content (AvgIpc) is 2.59. The molecule has 6 nitrogen and oxygen atoms in total. The minimum atomic E-state index is -0.347. The predicted molar refractivity (Wildman–Crippen MR) is 83.5 cm³/mol. The SMILES string of the molecule is COc1cc(OC)cc(C(=O)N/N=C(\C)c2cccnc2)c1. The van der Waals surface area contributed by atoms with Gasteiger partial charge in [0.15, 0.2) is 0 Å². The predicted octanol–water partition coefficient (Wildman–Crippen LogP) is 2.25. The van der Waals surface area contributed by atoms with E-state index in [1.807, 2.05) is 12.1 Å². The number of rotatable bonds is 5. The van der Waals surface area contributed by atoms with Gasteiger partial charge in [-0.25, -0.2) is 5.43 Å². The van der Waals surface area contributed by atoms with Crippen LogP contribution >= 0.6 is 0 Å². The summed E-state index contributed by atoms with van der Waals surface area (Å²) in [6, 6.07) is 8.61. The van der Waals surface area contributed by atoms with E-state index in [1.165, 1.54) is 14.2 Å². The van der Waals surface area contributed by atoms with E-state index in [9.17, 15) is 4.79 Å². The molecule has 0 aliphatic rings. The number of hydrogen-bond acceptors (Lipinski definition) is 5. The highest BCUT2D eigenvalue weighted by Gasteiger charge is 2.09. The standard InChI is InChI=1S/C16H17N3O3/c1-11(12-5-4-6-17-10-12)18-19-16(20)13-7-14(21-2)9-15(8-13)22-3/h4-10H,1-3H3,(H,19,20)/b18-11+. The van der Waals surface area contributed by atoms with Gasteiger partial charge in [-0.3, -0.25) is 9.78 Å². The van der Waals surface area contributed by atoms with Gasteiger partial charge in [0.1, 0.15) is 11.5 Å². The second-order valence-electron chi connectivity index (χ2n) is 4.48. The van der Waals surface area contributed by atoms with Crippen molar-refractivity contribution in [3.8, 4) is 11.5 Å². The molecule has 1 amide bonds. The van der Waals surface area contributed by atoms with Gasteiger partial charge in [-0.2, -0.15) is 5.10 Å². The molecule has 0 spiro atoms. The van der Waals surface area contributed by atoms with Gasteiger partial charge in [0, 0.05) is 29.6 Å². The third-order valence-electron chi connectivity index (χ3n) is 3.02. The smallest absolute Gasteiger partial charge is 0.271 e. The number of nitrogens with zero attached hydrogens (tertiary/aromatic N) is 2. The number of aromatic nitrogens is 1. The van der Waals surface area contributed by atoms with Crippen LogP contribution in [0.5, 0.6) is 11.5 Å². The molecular formula is C16H17N3O3. The lowest BCUT2D eigenvalue weighted by atomic mass is 10.2. The number of pyridine rings is 1. The minimum Gasteiger partial charge on any atom is -0.497 e. The van der Waals surface area contributed by atoms with E-state index in [2.05, 4.69) is 15.5 Å². The van der Waals surface area contributed by atoms with E-state index in [1.54, 1.807) is 37.5 Å². The Kier molecular flexibility index (Phi) is 5.08. The molecule has 6 heteroatoms. The first-order valence-corrected chi connectivity index (χ1v) is 6.62. The fraction of sp³-hybridized carbons (Fsp3) is 0.188. The molecule has 2 rings (SSSR count). The van der Waals surface area contributed by atoms with Crippen LogP contribution in [-0.4, -0.2) is 30.8 Å². The van der Waals surface area contributed by atoms with Crippen LogP contribution in [0.25, 0.3) is 0 Å². The van der Waals surface area contributed by atoms with Crippen molar-refractivity contribution in [3.63, 3.8) is 0 Å². The number of carbonyl (C=O) groups is 1. The van der Waals surface area contributed by atoms with E-state index < -0.39 is 0 Å². The molecule has 2 aromatic rings. The largest absolute Gasteiger partial charge is 0.497 e. The van der Waals surface area contributed by atoms with Gasteiger partial charge < -0.3 is 9.47 Å². The van der Waals surface area contributed by atoms with Crippen LogP contribution in [0.3, 0.4) is 0 Å². The number of ether oxygens (including phenoxy) is 2. The topological polar surface area (TPSA) is 72.8 Å². The Labute approximate surface area is 128 Å². The first-order valence-electron chi connectivity index (χ1n) is 6.62. The number of hydrazone groups is 1. The highest BCUT2D eigenvalue weighted by molar-refractivity contribution is 6.00. The van der Waals surface area contributed by atoms with Crippen molar-refractivity contribution in [2.75, 3.05) is 14.2 Å². The maximum absolute atomic E-state index is 12.2. The molecule has 0 atom stereocenters. The van der Waals surface area contributed by atoms with Crippen LogP contribution < -0.4 is 14.9 Å². The first kappa shape index (κ1) is 15.5. The highest BCUT2D eigenvalue weighted by Crippen LogP contribution is 2.22. The van der Waals surface area contributed by atoms with Crippen molar-refractivity contribution >= 4 is 11.6 Å². The van der Waals surface area contributed by atoms with E-state index in [0.29, 0.717) is 22.8 Å². The number of carbonyl (C=O) groups excluding carboxylic acids is 1. The van der Waals surface area contributed by atoms with Crippen LogP contribution in [0.4, 0.5) is 0 Å². The summed E-state index contributed by atoms with van der Waals surface area (Å²) in [6.07, 6.45) is 3.36. The molecule has 1 N–H and O–H groups in total. The summed E-state index contributed by atoms with van der Waals surface area (Å²) in [7, 11) is 3.06. The van der Waals surface area contributed by atoms with Crippen molar-refractivity contribution in [2.24, 2.45) is 5.10 Å². The lowest BCUT2D eigenvalue weighted by Gasteiger charge is -2.08. The van der Waals surface area contributed by atoms with E-state index >= 15 is 0 Å². The zero-order valence-electron chi connectivity index (χ0n) is 12.7. The van der Waals surface area contributed by atoms with Gasteiger partial charge in [0.05, 0.1) is 19.9 Å². The molecular weight excluding hydrogens is 282 g/mol. The van der Waals surface area contributed by atoms with Crippen molar-refractivity contribution in [1.82, 2.24) is 10.4 Å².